The highest BCUT2D eigenvalue weighted by atomic mass is 14.7. The van der Waals surface area contributed by atoms with Crippen LogP contribution in [0.15, 0.2) is 6.07 Å². The van der Waals surface area contributed by atoms with E-state index in [0.29, 0.717) is 10.9 Å². The third kappa shape index (κ3) is 1.28. The summed E-state index contributed by atoms with van der Waals surface area (Å²) in [5.41, 5.74) is 1.14. The zero-order valence-corrected chi connectivity index (χ0v) is 5.33. The van der Waals surface area contributed by atoms with Gasteiger partial charge < -0.3 is 0 Å². The van der Waals surface area contributed by atoms with E-state index in [4.69, 9.17) is 31.4 Å². The minimum Gasteiger partial charge on any atom is -0.282 e. The van der Waals surface area contributed by atoms with Crippen LogP contribution in [0.3, 0.4) is 0 Å². The molecule has 0 fully saturated rings. The van der Waals surface area contributed by atoms with Gasteiger partial charge in [-0.3, -0.25) is 4.98 Å². The Morgan fingerprint density at radius 2 is 1.30 bits per heavy atom. The Hall–Kier alpha value is -0.590. The zero-order valence-electron chi connectivity index (χ0n) is 5.33. The monoisotopic (exact) mass is 119 g/mol. The van der Waals surface area contributed by atoms with Gasteiger partial charge in [0.25, 0.3) is 0 Å². The molecule has 0 aliphatic rings. The van der Waals surface area contributed by atoms with Gasteiger partial charge in [0.05, 0.1) is 0 Å². The van der Waals surface area contributed by atoms with Gasteiger partial charge >= 0.3 is 0 Å². The molecule has 0 aliphatic heterocycles. The average molecular weight is 118 g/mol. The molecule has 5 heteroatoms. The van der Waals surface area contributed by atoms with E-state index in [0.717, 1.165) is 0 Å². The molecule has 0 amide bonds. The normalized spacial score (nSPS) is 9.60. The van der Waals surface area contributed by atoms with Crippen molar-refractivity contribution in [3.05, 3.63) is 6.07 Å². The first-order valence-corrected chi connectivity index (χ1v) is 2.68. The van der Waals surface area contributed by atoms with Crippen molar-refractivity contribution < 1.29 is 0 Å². The van der Waals surface area contributed by atoms with Crippen LogP contribution in [-0.4, -0.2) is 36.4 Å². The lowest BCUT2D eigenvalue weighted by Crippen LogP contribution is -2.43. The molecular weight excluding hydrogens is 117 g/mol. The van der Waals surface area contributed by atoms with Crippen molar-refractivity contribution >= 4 is 53.5 Å². The summed E-state index contributed by atoms with van der Waals surface area (Å²) in [5, 5.41) is 0. The molecule has 1 rings (SSSR count). The van der Waals surface area contributed by atoms with Crippen LogP contribution in [0, 0.1) is 0 Å². The molecule has 0 saturated carbocycles. The van der Waals surface area contributed by atoms with Gasteiger partial charge in [0.15, 0.2) is 0 Å². The van der Waals surface area contributed by atoms with Gasteiger partial charge in [0, 0.05) is 0 Å². The summed E-state index contributed by atoms with van der Waals surface area (Å²) in [4.78, 5) is 3.68. The fourth-order valence-electron chi connectivity index (χ4n) is 0.574. The van der Waals surface area contributed by atoms with Crippen LogP contribution in [-0.2, 0) is 0 Å². The van der Waals surface area contributed by atoms with E-state index in [1.165, 1.54) is 6.07 Å². The molecule has 1 heterocycles. The summed E-state index contributed by atoms with van der Waals surface area (Å²) in [6.45, 7) is 0. The van der Waals surface area contributed by atoms with E-state index < -0.39 is 0 Å². The first-order valence-electron chi connectivity index (χ1n) is 2.68. The standard InChI is InChI=1S/C5HB4N/c6-2-1-3(7)5(9)10-4(2)8/h1H. The van der Waals surface area contributed by atoms with Gasteiger partial charge in [0.1, 0.15) is 31.4 Å². The Kier molecular flexibility index (Phi) is 1.93. The minimum absolute atomic E-state index is 0.215. The Balaban J connectivity index is 3.28. The molecule has 0 atom stereocenters. The first-order chi connectivity index (χ1) is 4.61. The SMILES string of the molecule is [B]c1cc([B])c([B])nc1[B]. The highest BCUT2D eigenvalue weighted by Gasteiger charge is 1.95. The van der Waals surface area contributed by atoms with Crippen LogP contribution >= 0.6 is 0 Å². The first kappa shape index (κ1) is 7.52. The van der Waals surface area contributed by atoms with Crippen LogP contribution in [0.2, 0.25) is 0 Å². The molecule has 0 spiro atoms. The summed E-state index contributed by atoms with van der Waals surface area (Å²) >= 11 is 0. The molecule has 0 aromatic carbocycles. The van der Waals surface area contributed by atoms with Gasteiger partial charge in [-0.05, 0) is 11.2 Å². The fourth-order valence-corrected chi connectivity index (χ4v) is 0.574. The van der Waals surface area contributed by atoms with Crippen LogP contribution in [0.1, 0.15) is 0 Å². The molecule has 38 valence electrons. The van der Waals surface area contributed by atoms with E-state index in [1.807, 2.05) is 0 Å². The fraction of sp³-hybridized carbons (Fsp3) is 0. The molecule has 0 unspecified atom stereocenters. The summed E-state index contributed by atoms with van der Waals surface area (Å²) in [6.07, 6.45) is 0. The van der Waals surface area contributed by atoms with Gasteiger partial charge in [0.2, 0.25) is 0 Å². The predicted octanol–water partition coefficient (Wildman–Crippen LogP) is -3.74. The molecule has 0 N–H and O–H groups in total. The maximum absolute atomic E-state index is 5.37. The number of pyridine rings is 1. The Morgan fingerprint density at radius 3 is 1.60 bits per heavy atom. The summed E-state index contributed by atoms with van der Waals surface area (Å²) in [7, 11) is 21.4. The molecule has 0 saturated heterocycles. The molecule has 1 nitrogen and oxygen atoms in total. The van der Waals surface area contributed by atoms with E-state index in [1.54, 1.807) is 0 Å². The summed E-state index contributed by atoms with van der Waals surface area (Å²) in [6, 6.07) is 1.48. The van der Waals surface area contributed by atoms with Crippen molar-refractivity contribution in [1.82, 2.24) is 4.98 Å². The van der Waals surface area contributed by atoms with Gasteiger partial charge in [-0.1, -0.05) is 17.0 Å². The van der Waals surface area contributed by atoms with E-state index in [9.17, 15) is 0 Å². The zero-order chi connectivity index (χ0) is 7.72. The number of rotatable bonds is 0. The molecule has 1 aromatic heterocycles. The third-order valence-electron chi connectivity index (χ3n) is 1.14. The number of hydrogen-bond donors (Lipinski definition) is 0. The Morgan fingerprint density at radius 1 is 0.900 bits per heavy atom. The Labute approximate surface area is 65.3 Å². The van der Waals surface area contributed by atoms with Crippen molar-refractivity contribution in [2.45, 2.75) is 0 Å². The van der Waals surface area contributed by atoms with Crippen LogP contribution < -0.4 is 22.1 Å². The molecular formula is C5HB4N. The maximum Gasteiger partial charge on any atom is 0.140 e. The van der Waals surface area contributed by atoms with E-state index in [-0.39, 0.29) is 11.2 Å². The minimum atomic E-state index is 0.215. The molecule has 0 aliphatic carbocycles. The molecule has 10 heavy (non-hydrogen) atoms. The molecule has 0 bridgehead atoms. The summed E-state index contributed by atoms with van der Waals surface area (Å²) < 4.78 is 0. The van der Waals surface area contributed by atoms with Crippen LogP contribution in [0.5, 0.6) is 0 Å². The van der Waals surface area contributed by atoms with Crippen LogP contribution in [0.4, 0.5) is 0 Å². The number of hydrogen-bond acceptors (Lipinski definition) is 1. The lowest BCUT2D eigenvalue weighted by atomic mass is 9.77. The summed E-state index contributed by atoms with van der Waals surface area (Å²) in [5.74, 6) is 0. The highest BCUT2D eigenvalue weighted by molar-refractivity contribution is 6.53. The lowest BCUT2D eigenvalue weighted by Gasteiger charge is -2.04. The number of nitrogens with zero attached hydrogens (tertiary/aromatic N) is 1. The van der Waals surface area contributed by atoms with Crippen molar-refractivity contribution in [3.63, 3.8) is 0 Å². The second kappa shape index (κ2) is 2.57. The van der Waals surface area contributed by atoms with E-state index in [2.05, 4.69) is 4.98 Å². The smallest absolute Gasteiger partial charge is 0.140 e. The second-order valence-corrected chi connectivity index (χ2v) is 1.94. The van der Waals surface area contributed by atoms with Gasteiger partial charge in [-0.2, -0.15) is 0 Å². The quantitative estimate of drug-likeness (QED) is 0.319. The van der Waals surface area contributed by atoms with Gasteiger partial charge in [-0.25, -0.2) is 0 Å². The van der Waals surface area contributed by atoms with Crippen molar-refractivity contribution in [2.75, 3.05) is 0 Å². The second-order valence-electron chi connectivity index (χ2n) is 1.94. The van der Waals surface area contributed by atoms with Crippen LogP contribution in [0.25, 0.3) is 0 Å². The van der Waals surface area contributed by atoms with Crippen molar-refractivity contribution in [3.8, 4) is 0 Å². The van der Waals surface area contributed by atoms with Gasteiger partial charge in [-0.15, -0.1) is 0 Å². The highest BCUT2D eigenvalue weighted by Crippen LogP contribution is 1.60. The molecule has 8 radical (unpaired) electrons. The predicted molar refractivity (Wildman–Crippen MR) is 45.8 cm³/mol. The lowest BCUT2D eigenvalue weighted by molar-refractivity contribution is 1.50. The molecule has 1 aromatic rings. The Bertz CT molecular complexity index is 210. The topological polar surface area (TPSA) is 12.9 Å². The van der Waals surface area contributed by atoms with Crippen molar-refractivity contribution in [1.29, 1.82) is 0 Å². The number of aromatic nitrogens is 1. The maximum atomic E-state index is 5.37. The third-order valence-corrected chi connectivity index (χ3v) is 1.14. The average Bonchev–Trinajstić information content (AvgIpc) is 1.84. The largest absolute Gasteiger partial charge is 0.282 e. The van der Waals surface area contributed by atoms with E-state index >= 15 is 0 Å². The van der Waals surface area contributed by atoms with Crippen molar-refractivity contribution in [2.24, 2.45) is 0 Å².